The van der Waals surface area contributed by atoms with Crippen LogP contribution < -0.4 is 4.74 Å². The number of rotatable bonds is 13. The van der Waals surface area contributed by atoms with E-state index >= 15 is 0 Å². The minimum atomic E-state index is -0.877. The average molecular weight is 439 g/mol. The fourth-order valence-electron chi connectivity index (χ4n) is 3.88. The number of carboxylic acid groups (broad SMARTS) is 1. The van der Waals surface area contributed by atoms with Gasteiger partial charge in [-0.1, -0.05) is 76.6 Å². The van der Waals surface area contributed by atoms with Crippen LogP contribution in [0.25, 0.3) is 20.5 Å². The van der Waals surface area contributed by atoms with Gasteiger partial charge in [0.1, 0.15) is 5.75 Å². The number of benzene rings is 2. The third-order valence-electron chi connectivity index (χ3n) is 5.68. The normalized spacial score (nSPS) is 11.2. The molecule has 3 nitrogen and oxygen atoms in total. The molecule has 0 aliphatic heterocycles. The van der Waals surface area contributed by atoms with E-state index in [-0.39, 0.29) is 0 Å². The van der Waals surface area contributed by atoms with Crippen LogP contribution in [0.15, 0.2) is 42.5 Å². The zero-order valence-corrected chi connectivity index (χ0v) is 19.6. The van der Waals surface area contributed by atoms with Gasteiger partial charge in [0.25, 0.3) is 0 Å². The molecule has 1 heterocycles. The lowest BCUT2D eigenvalue weighted by molar-refractivity contribution is 0.0700. The summed E-state index contributed by atoms with van der Waals surface area (Å²) in [5, 5.41) is 10.7. The number of thiophene rings is 1. The molecule has 0 spiro atoms. The number of unbranched alkanes of at least 4 members (excludes halogenated alkanes) is 6. The van der Waals surface area contributed by atoms with E-state index in [0.717, 1.165) is 39.1 Å². The lowest BCUT2D eigenvalue weighted by atomic mass is 10.0. The topological polar surface area (TPSA) is 46.5 Å². The maximum absolute atomic E-state index is 12.1. The Morgan fingerprint density at radius 2 is 1.61 bits per heavy atom. The molecule has 1 N–H and O–H groups in total. The molecule has 0 amide bonds. The summed E-state index contributed by atoms with van der Waals surface area (Å²) < 4.78 is 6.87. The molecule has 0 saturated carbocycles. The number of aryl methyl sites for hydroxylation is 1. The molecule has 0 bridgehead atoms. The van der Waals surface area contributed by atoms with Crippen molar-refractivity contribution >= 4 is 27.4 Å². The number of hydrogen-bond donors (Lipinski definition) is 1. The van der Waals surface area contributed by atoms with Gasteiger partial charge in [0.2, 0.25) is 0 Å². The summed E-state index contributed by atoms with van der Waals surface area (Å²) in [6.45, 7) is 5.13. The molecule has 0 atom stereocenters. The first-order valence-corrected chi connectivity index (χ1v) is 12.5. The second kappa shape index (κ2) is 11.9. The molecule has 0 unspecified atom stereocenters. The van der Waals surface area contributed by atoms with Crippen molar-refractivity contribution in [1.82, 2.24) is 0 Å². The van der Waals surface area contributed by atoms with E-state index in [1.54, 1.807) is 0 Å². The number of carbonyl (C=O) groups is 1. The first-order valence-electron chi connectivity index (χ1n) is 11.7. The molecule has 2 aromatic carbocycles. The lowest BCUT2D eigenvalue weighted by Gasteiger charge is -2.06. The van der Waals surface area contributed by atoms with Gasteiger partial charge < -0.3 is 9.84 Å². The van der Waals surface area contributed by atoms with Gasteiger partial charge in [-0.3, -0.25) is 0 Å². The van der Waals surface area contributed by atoms with Crippen LogP contribution in [0.4, 0.5) is 0 Å². The maximum Gasteiger partial charge on any atom is 0.337 e. The van der Waals surface area contributed by atoms with E-state index < -0.39 is 5.97 Å². The Kier molecular flexibility index (Phi) is 8.96. The number of fused-ring (bicyclic) bond motifs is 1. The smallest absolute Gasteiger partial charge is 0.337 e. The van der Waals surface area contributed by atoms with Gasteiger partial charge in [0.15, 0.2) is 0 Å². The summed E-state index contributed by atoms with van der Waals surface area (Å²) in [6, 6.07) is 14.2. The van der Waals surface area contributed by atoms with Gasteiger partial charge in [0.05, 0.1) is 17.0 Å². The van der Waals surface area contributed by atoms with Crippen LogP contribution in [0.3, 0.4) is 0 Å². The van der Waals surface area contributed by atoms with Gasteiger partial charge in [-0.15, -0.1) is 11.3 Å². The minimum Gasteiger partial charge on any atom is -0.494 e. The number of hydrogen-bond acceptors (Lipinski definition) is 3. The van der Waals surface area contributed by atoms with Crippen LogP contribution in [-0.2, 0) is 6.42 Å². The molecule has 3 rings (SSSR count). The van der Waals surface area contributed by atoms with Crippen molar-refractivity contribution in [3.05, 3.63) is 53.6 Å². The van der Waals surface area contributed by atoms with Crippen molar-refractivity contribution in [3.63, 3.8) is 0 Å². The molecular weight excluding hydrogens is 404 g/mol. The number of ether oxygens (including phenoxy) is 1. The first kappa shape index (κ1) is 23.3. The van der Waals surface area contributed by atoms with Crippen LogP contribution in [0.5, 0.6) is 5.75 Å². The molecule has 0 saturated heterocycles. The van der Waals surface area contributed by atoms with Gasteiger partial charge >= 0.3 is 5.97 Å². The molecule has 166 valence electrons. The molecular formula is C27H34O3S. The molecule has 0 aliphatic carbocycles. The highest BCUT2D eigenvalue weighted by atomic mass is 32.1. The third-order valence-corrected chi connectivity index (χ3v) is 6.88. The van der Waals surface area contributed by atoms with Crippen molar-refractivity contribution in [2.75, 3.05) is 6.61 Å². The van der Waals surface area contributed by atoms with Crippen LogP contribution in [0.2, 0.25) is 0 Å². The van der Waals surface area contributed by atoms with E-state index in [1.807, 2.05) is 18.2 Å². The minimum absolute atomic E-state index is 0.394. The Balaban J connectivity index is 1.77. The first-order chi connectivity index (χ1) is 15.1. The molecule has 31 heavy (non-hydrogen) atoms. The van der Waals surface area contributed by atoms with Crippen molar-refractivity contribution < 1.29 is 14.6 Å². The average Bonchev–Trinajstić information content (AvgIpc) is 3.16. The van der Waals surface area contributed by atoms with E-state index in [9.17, 15) is 9.90 Å². The SMILES string of the molecule is CCCCCCOc1ccc2c(C(=O)O)c(-c3ccc(CCCCCC)cc3)sc2c1. The summed E-state index contributed by atoms with van der Waals surface area (Å²) in [5.74, 6) is -0.0608. The largest absolute Gasteiger partial charge is 0.494 e. The van der Waals surface area contributed by atoms with Crippen molar-refractivity contribution in [2.45, 2.75) is 71.6 Å². The van der Waals surface area contributed by atoms with Gasteiger partial charge in [0, 0.05) is 10.1 Å². The molecule has 1 aromatic heterocycles. The van der Waals surface area contributed by atoms with Crippen LogP contribution in [0, 0.1) is 0 Å². The summed E-state index contributed by atoms with van der Waals surface area (Å²) >= 11 is 1.54. The fourth-order valence-corrected chi connectivity index (χ4v) is 5.11. The summed E-state index contributed by atoms with van der Waals surface area (Å²) in [6.07, 6.45) is 10.8. The zero-order chi connectivity index (χ0) is 22.1. The third kappa shape index (κ3) is 6.33. The van der Waals surface area contributed by atoms with Crippen molar-refractivity contribution in [1.29, 1.82) is 0 Å². The highest BCUT2D eigenvalue weighted by Crippen LogP contribution is 2.40. The quantitative estimate of drug-likeness (QED) is 0.273. The summed E-state index contributed by atoms with van der Waals surface area (Å²) in [7, 11) is 0. The highest BCUT2D eigenvalue weighted by molar-refractivity contribution is 7.22. The van der Waals surface area contributed by atoms with Crippen LogP contribution in [-0.4, -0.2) is 17.7 Å². The van der Waals surface area contributed by atoms with E-state index in [1.165, 1.54) is 61.8 Å². The molecule has 4 heteroatoms. The molecule has 0 radical (unpaired) electrons. The van der Waals surface area contributed by atoms with Gasteiger partial charge in [-0.2, -0.15) is 0 Å². The standard InChI is InChI=1S/C27H34O3S/c1-3-5-7-9-11-20-12-14-21(15-13-20)26-25(27(28)29)23-17-16-22(19-24(23)31-26)30-18-10-8-6-4-2/h12-17,19H,3-11,18H2,1-2H3,(H,28,29). The van der Waals surface area contributed by atoms with Gasteiger partial charge in [-0.05, 0) is 48.6 Å². The molecule has 0 fully saturated rings. The predicted molar refractivity (Wildman–Crippen MR) is 132 cm³/mol. The number of carboxylic acids is 1. The van der Waals surface area contributed by atoms with Crippen LogP contribution in [0.1, 0.15) is 81.1 Å². The maximum atomic E-state index is 12.1. The highest BCUT2D eigenvalue weighted by Gasteiger charge is 2.20. The van der Waals surface area contributed by atoms with Crippen molar-refractivity contribution in [3.8, 4) is 16.2 Å². The van der Waals surface area contributed by atoms with Crippen LogP contribution >= 0.6 is 11.3 Å². The second-order valence-electron chi connectivity index (χ2n) is 8.19. The van der Waals surface area contributed by atoms with E-state index in [0.29, 0.717) is 12.2 Å². The lowest BCUT2D eigenvalue weighted by Crippen LogP contribution is -1.98. The van der Waals surface area contributed by atoms with Crippen molar-refractivity contribution in [2.24, 2.45) is 0 Å². The zero-order valence-electron chi connectivity index (χ0n) is 18.8. The monoisotopic (exact) mass is 438 g/mol. The Hall–Kier alpha value is -2.33. The Bertz CT molecular complexity index is 972. The fraction of sp³-hybridized carbons (Fsp3) is 0.444. The van der Waals surface area contributed by atoms with Gasteiger partial charge in [-0.25, -0.2) is 4.79 Å². The molecule has 0 aliphatic rings. The van der Waals surface area contributed by atoms with E-state index in [4.69, 9.17) is 4.74 Å². The Labute approximate surface area is 190 Å². The summed E-state index contributed by atoms with van der Waals surface area (Å²) in [5.41, 5.74) is 2.68. The number of aromatic carboxylic acids is 1. The Morgan fingerprint density at radius 3 is 2.29 bits per heavy atom. The van der Waals surface area contributed by atoms with E-state index in [2.05, 4.69) is 38.1 Å². The molecule has 3 aromatic rings. The predicted octanol–water partition coefficient (Wildman–Crippen LogP) is 8.35. The second-order valence-corrected chi connectivity index (χ2v) is 9.24. The summed E-state index contributed by atoms with van der Waals surface area (Å²) in [4.78, 5) is 12.9. The Morgan fingerprint density at radius 1 is 0.903 bits per heavy atom.